The highest BCUT2D eigenvalue weighted by atomic mass is 16.5. The number of hydrogen-bond acceptors (Lipinski definition) is 3. The first-order valence-corrected chi connectivity index (χ1v) is 8.57. The highest BCUT2D eigenvalue weighted by Crippen LogP contribution is 2.62. The zero-order valence-corrected chi connectivity index (χ0v) is 14.0. The summed E-state index contributed by atoms with van der Waals surface area (Å²) in [6.07, 6.45) is 7.33. The minimum absolute atomic E-state index is 0.0183. The Morgan fingerprint density at radius 1 is 1.36 bits per heavy atom. The van der Waals surface area contributed by atoms with E-state index in [1.165, 1.54) is 12.0 Å². The third-order valence-corrected chi connectivity index (χ3v) is 6.80. The summed E-state index contributed by atoms with van der Waals surface area (Å²) in [6, 6.07) is 0. The third kappa shape index (κ3) is 2.03. The van der Waals surface area contributed by atoms with Gasteiger partial charge in [-0.1, -0.05) is 20.8 Å². The number of carbonyl (C=O) groups is 1. The van der Waals surface area contributed by atoms with Crippen LogP contribution in [0, 0.1) is 29.1 Å². The van der Waals surface area contributed by atoms with E-state index in [2.05, 4.69) is 25.9 Å². The van der Waals surface area contributed by atoms with Crippen molar-refractivity contribution in [3.63, 3.8) is 0 Å². The number of aromatic nitrogens is 2. The van der Waals surface area contributed by atoms with Gasteiger partial charge < -0.3 is 4.74 Å². The molecule has 0 aromatic carbocycles. The highest BCUT2D eigenvalue weighted by molar-refractivity contribution is 5.77. The largest absolute Gasteiger partial charge is 0.462 e. The maximum Gasteiger partial charge on any atom is 0.309 e. The number of esters is 1. The van der Waals surface area contributed by atoms with Crippen LogP contribution in [0.4, 0.5) is 0 Å². The first-order chi connectivity index (χ1) is 10.4. The fourth-order valence-electron chi connectivity index (χ4n) is 4.95. The van der Waals surface area contributed by atoms with Gasteiger partial charge in [-0.05, 0) is 48.0 Å². The second-order valence-corrected chi connectivity index (χ2v) is 8.33. The van der Waals surface area contributed by atoms with Gasteiger partial charge in [-0.2, -0.15) is 5.10 Å². The summed E-state index contributed by atoms with van der Waals surface area (Å²) >= 11 is 0. The minimum atomic E-state index is 0.0183. The average Bonchev–Trinajstić information content (AvgIpc) is 3.15. The second-order valence-electron chi connectivity index (χ2n) is 8.33. The molecule has 2 bridgehead atoms. The number of hydrogen-bond donors (Lipinski definition) is 0. The molecule has 120 valence electrons. The summed E-state index contributed by atoms with van der Waals surface area (Å²) in [5.74, 6) is 2.36. The van der Waals surface area contributed by atoms with Crippen molar-refractivity contribution in [1.82, 2.24) is 9.78 Å². The van der Waals surface area contributed by atoms with Gasteiger partial charge in [-0.3, -0.25) is 9.48 Å². The van der Waals surface area contributed by atoms with E-state index in [1.54, 1.807) is 4.68 Å². The van der Waals surface area contributed by atoms with E-state index in [9.17, 15) is 4.79 Å². The molecular weight excluding hydrogens is 276 g/mol. The van der Waals surface area contributed by atoms with Gasteiger partial charge in [-0.15, -0.1) is 0 Å². The molecule has 4 nitrogen and oxygen atoms in total. The fraction of sp³-hybridized carbons (Fsp3) is 0.778. The first kappa shape index (κ1) is 14.3. The van der Waals surface area contributed by atoms with Crippen molar-refractivity contribution in [3.05, 3.63) is 18.0 Å². The molecule has 0 saturated heterocycles. The van der Waals surface area contributed by atoms with Gasteiger partial charge in [-0.25, -0.2) is 0 Å². The lowest BCUT2D eigenvalue weighted by molar-refractivity contribution is -0.187. The van der Waals surface area contributed by atoms with E-state index in [4.69, 9.17) is 4.74 Å². The molecule has 0 amide bonds. The Balaban J connectivity index is 1.36. The summed E-state index contributed by atoms with van der Waals surface area (Å²) in [7, 11) is 1.91. The molecule has 4 aliphatic rings. The van der Waals surface area contributed by atoms with Crippen LogP contribution in [-0.2, 0) is 16.6 Å². The molecule has 4 saturated carbocycles. The van der Waals surface area contributed by atoms with Crippen LogP contribution in [0.2, 0.25) is 0 Å². The number of carbonyl (C=O) groups excluding carboxylic acids is 1. The van der Waals surface area contributed by atoms with Crippen LogP contribution in [0.5, 0.6) is 0 Å². The van der Waals surface area contributed by atoms with E-state index in [1.807, 2.05) is 19.4 Å². The Kier molecular flexibility index (Phi) is 2.98. The smallest absolute Gasteiger partial charge is 0.309 e. The zero-order chi connectivity index (χ0) is 15.6. The Hall–Kier alpha value is -1.32. The van der Waals surface area contributed by atoms with E-state index >= 15 is 0 Å². The van der Waals surface area contributed by atoms with Gasteiger partial charge >= 0.3 is 5.97 Å². The Morgan fingerprint density at radius 2 is 2.14 bits per heavy atom. The molecular formula is C18H26N2O2. The van der Waals surface area contributed by atoms with Crippen molar-refractivity contribution >= 4 is 5.97 Å². The molecule has 0 aliphatic heterocycles. The van der Waals surface area contributed by atoms with Crippen molar-refractivity contribution in [2.24, 2.45) is 36.1 Å². The predicted octanol–water partition coefficient (Wildman–Crippen LogP) is 3.14. The molecule has 0 N–H and O–H groups in total. The number of aryl methyl sites for hydroxylation is 1. The molecule has 5 rings (SSSR count). The van der Waals surface area contributed by atoms with E-state index in [0.29, 0.717) is 17.3 Å². The molecule has 4 aliphatic carbocycles. The summed E-state index contributed by atoms with van der Waals surface area (Å²) in [6.45, 7) is 7.02. The lowest BCUT2D eigenvalue weighted by Gasteiger charge is -2.61. The van der Waals surface area contributed by atoms with Gasteiger partial charge in [0.25, 0.3) is 0 Å². The van der Waals surface area contributed by atoms with Crippen LogP contribution >= 0.6 is 0 Å². The Bertz CT molecular complexity index is 606. The van der Waals surface area contributed by atoms with Gasteiger partial charge in [0.05, 0.1) is 12.1 Å². The summed E-state index contributed by atoms with van der Waals surface area (Å²) in [5, 5.41) is 4.20. The number of nitrogens with zero attached hydrogens (tertiary/aromatic N) is 2. The first-order valence-electron chi connectivity index (χ1n) is 8.57. The van der Waals surface area contributed by atoms with Gasteiger partial charge in [0, 0.05) is 19.2 Å². The molecule has 1 aromatic rings. The minimum Gasteiger partial charge on any atom is -0.462 e. The van der Waals surface area contributed by atoms with Crippen molar-refractivity contribution in [2.45, 2.75) is 52.1 Å². The number of ether oxygens (including phenoxy) is 1. The van der Waals surface area contributed by atoms with Crippen LogP contribution in [0.3, 0.4) is 0 Å². The normalized spacial score (nSPS) is 41.6. The van der Waals surface area contributed by atoms with Crippen molar-refractivity contribution in [3.8, 4) is 0 Å². The standard InChI is InChI=1S/C18H26N2O2/c1-10-15-5-12(18(15,2)3)6-16(10)22-17(21)14-7-13(14)11-8-19-20(4)9-11/h8-10,12-16H,5-7H2,1-4H3/t10-,12+,13-,14-,15+,16+/m0/s1. The summed E-state index contributed by atoms with van der Waals surface area (Å²) < 4.78 is 7.71. The third-order valence-electron chi connectivity index (χ3n) is 6.80. The molecule has 0 spiro atoms. The van der Waals surface area contributed by atoms with Crippen LogP contribution in [0.15, 0.2) is 12.4 Å². The molecule has 1 aromatic heterocycles. The fourth-order valence-corrected chi connectivity index (χ4v) is 4.95. The average molecular weight is 302 g/mol. The van der Waals surface area contributed by atoms with Gasteiger partial charge in [0.15, 0.2) is 0 Å². The van der Waals surface area contributed by atoms with Crippen LogP contribution in [0.1, 0.15) is 51.5 Å². The quantitative estimate of drug-likeness (QED) is 0.806. The second kappa shape index (κ2) is 4.59. The van der Waals surface area contributed by atoms with Crippen molar-refractivity contribution < 1.29 is 9.53 Å². The van der Waals surface area contributed by atoms with Crippen molar-refractivity contribution in [1.29, 1.82) is 0 Å². The molecule has 22 heavy (non-hydrogen) atoms. The highest BCUT2D eigenvalue weighted by Gasteiger charge is 2.58. The molecule has 4 fully saturated rings. The SMILES string of the molecule is C[C@H]1[C@H]2C[C@H](C[C@H]1OC(=O)[C@H]1C[C@H]1c1cnn(C)c1)C2(C)C. The Morgan fingerprint density at radius 3 is 2.73 bits per heavy atom. The topological polar surface area (TPSA) is 44.1 Å². The zero-order valence-electron chi connectivity index (χ0n) is 14.0. The molecule has 0 radical (unpaired) electrons. The summed E-state index contributed by atoms with van der Waals surface area (Å²) in [4.78, 5) is 12.4. The van der Waals surface area contributed by atoms with E-state index in [-0.39, 0.29) is 18.0 Å². The van der Waals surface area contributed by atoms with E-state index < -0.39 is 0 Å². The van der Waals surface area contributed by atoms with Crippen LogP contribution in [0.25, 0.3) is 0 Å². The molecule has 0 unspecified atom stereocenters. The lowest BCUT2D eigenvalue weighted by Crippen LogP contribution is -2.57. The van der Waals surface area contributed by atoms with Crippen LogP contribution < -0.4 is 0 Å². The summed E-state index contributed by atoms with van der Waals surface area (Å²) in [5.41, 5.74) is 1.62. The number of rotatable bonds is 3. The molecule has 6 atom stereocenters. The monoisotopic (exact) mass is 302 g/mol. The van der Waals surface area contributed by atoms with Crippen LogP contribution in [-0.4, -0.2) is 21.9 Å². The Labute approximate surface area is 132 Å². The van der Waals surface area contributed by atoms with Gasteiger partial charge in [0.2, 0.25) is 0 Å². The molecule has 4 heteroatoms. The maximum atomic E-state index is 12.4. The molecule has 1 heterocycles. The lowest BCUT2D eigenvalue weighted by atomic mass is 9.45. The predicted molar refractivity (Wildman–Crippen MR) is 83.1 cm³/mol. The van der Waals surface area contributed by atoms with E-state index in [0.717, 1.165) is 24.7 Å². The van der Waals surface area contributed by atoms with Crippen molar-refractivity contribution in [2.75, 3.05) is 0 Å². The maximum absolute atomic E-state index is 12.4. The number of fused-ring (bicyclic) bond motifs is 2. The van der Waals surface area contributed by atoms with Gasteiger partial charge in [0.1, 0.15) is 6.10 Å².